The predicted octanol–water partition coefficient (Wildman–Crippen LogP) is 0.119. The van der Waals surface area contributed by atoms with Gasteiger partial charge in [0.1, 0.15) is 0 Å². The SMILES string of the molecule is N#[N+]c1ccccc1.OB(O)O. The summed E-state index contributed by atoms with van der Waals surface area (Å²) in [6.07, 6.45) is 0. The van der Waals surface area contributed by atoms with Crippen LogP contribution < -0.4 is 0 Å². The summed E-state index contributed by atoms with van der Waals surface area (Å²) in [6.45, 7) is 0. The normalized spacial score (nSPS) is 7.50. The van der Waals surface area contributed by atoms with Crippen molar-refractivity contribution in [1.29, 1.82) is 5.39 Å². The van der Waals surface area contributed by atoms with E-state index in [9.17, 15) is 0 Å². The quantitative estimate of drug-likeness (QED) is 0.378. The van der Waals surface area contributed by atoms with Crippen molar-refractivity contribution in [2.24, 2.45) is 0 Å². The standard InChI is InChI=1S/C6H5N2.BH3O3/c7-8-6-4-2-1-3-5-6;2-1(3)4/h1-5H;2-4H/q+1;. The second-order valence-corrected chi connectivity index (χ2v) is 1.78. The molecule has 3 N–H and O–H groups in total. The lowest BCUT2D eigenvalue weighted by Gasteiger charge is -1.69. The Labute approximate surface area is 69.7 Å². The second-order valence-electron chi connectivity index (χ2n) is 1.78. The number of nitrogens with zero attached hydrogens (tertiary/aromatic N) is 2. The monoisotopic (exact) mass is 167 g/mol. The van der Waals surface area contributed by atoms with Crippen LogP contribution >= 0.6 is 0 Å². The molecule has 1 aromatic rings. The smallest absolute Gasteiger partial charge is 0.402 e. The van der Waals surface area contributed by atoms with E-state index >= 15 is 0 Å². The highest BCUT2D eigenvalue weighted by atomic mass is 16.5. The summed E-state index contributed by atoms with van der Waals surface area (Å²) in [5.41, 5.74) is 0.590. The van der Waals surface area contributed by atoms with Gasteiger partial charge in [-0.1, -0.05) is 18.2 Å². The van der Waals surface area contributed by atoms with Crippen molar-refractivity contribution in [3.8, 4) is 0 Å². The van der Waals surface area contributed by atoms with Crippen LogP contribution in [-0.2, 0) is 0 Å². The molecule has 0 aliphatic heterocycles. The van der Waals surface area contributed by atoms with Gasteiger partial charge in [-0.25, -0.2) is 0 Å². The lowest BCUT2D eigenvalue weighted by molar-refractivity contribution is 0.278. The molecule has 0 saturated heterocycles. The summed E-state index contributed by atoms with van der Waals surface area (Å²) in [7, 11) is -2.17. The lowest BCUT2D eigenvalue weighted by Crippen LogP contribution is -2.07. The minimum Gasteiger partial charge on any atom is -0.402 e. The molecule has 6 heteroatoms. The van der Waals surface area contributed by atoms with E-state index in [0.29, 0.717) is 5.69 Å². The fourth-order valence-corrected chi connectivity index (χ4v) is 0.495. The Bertz CT molecular complexity index is 244. The highest BCUT2D eigenvalue weighted by Crippen LogP contribution is 2.07. The van der Waals surface area contributed by atoms with Crippen LogP contribution in [0.2, 0.25) is 0 Å². The van der Waals surface area contributed by atoms with E-state index < -0.39 is 7.32 Å². The topological polar surface area (TPSA) is 88.8 Å². The molecule has 0 unspecified atom stereocenters. The number of hydrogen-bond acceptors (Lipinski definition) is 4. The maximum absolute atomic E-state index is 8.16. The van der Waals surface area contributed by atoms with Gasteiger partial charge in [0.15, 0.2) is 4.98 Å². The summed E-state index contributed by atoms with van der Waals surface area (Å²) < 4.78 is 0. The van der Waals surface area contributed by atoms with Crippen molar-refractivity contribution in [2.75, 3.05) is 0 Å². The van der Waals surface area contributed by atoms with E-state index in [1.54, 1.807) is 12.1 Å². The van der Waals surface area contributed by atoms with Gasteiger partial charge in [0.25, 0.3) is 0 Å². The Hall–Kier alpha value is -1.42. The molecule has 5 nitrogen and oxygen atoms in total. The minimum atomic E-state index is -2.17. The molecule has 0 spiro atoms. The molecule has 0 saturated carbocycles. The van der Waals surface area contributed by atoms with Crippen LogP contribution in [0.25, 0.3) is 4.98 Å². The molecular weight excluding hydrogens is 159 g/mol. The molecule has 0 aliphatic rings. The first-order valence-corrected chi connectivity index (χ1v) is 3.11. The maximum Gasteiger partial charge on any atom is 0.631 e. The van der Waals surface area contributed by atoms with Gasteiger partial charge in [0.05, 0.1) is 0 Å². The number of benzene rings is 1. The second kappa shape index (κ2) is 6.31. The zero-order valence-corrected chi connectivity index (χ0v) is 6.20. The van der Waals surface area contributed by atoms with E-state index in [-0.39, 0.29) is 0 Å². The van der Waals surface area contributed by atoms with Gasteiger partial charge >= 0.3 is 13.0 Å². The van der Waals surface area contributed by atoms with Crippen LogP contribution in [0.5, 0.6) is 0 Å². The Morgan fingerprint density at radius 3 is 1.75 bits per heavy atom. The van der Waals surface area contributed by atoms with Crippen molar-refractivity contribution in [3.63, 3.8) is 0 Å². The molecule has 0 aliphatic carbocycles. The van der Waals surface area contributed by atoms with Gasteiger partial charge in [-0.05, 0) is 0 Å². The van der Waals surface area contributed by atoms with Crippen LogP contribution in [0.1, 0.15) is 0 Å². The van der Waals surface area contributed by atoms with Gasteiger partial charge in [0.2, 0.25) is 5.39 Å². The number of rotatable bonds is 0. The predicted molar refractivity (Wildman–Crippen MR) is 43.6 cm³/mol. The molecule has 12 heavy (non-hydrogen) atoms. The van der Waals surface area contributed by atoms with Gasteiger partial charge in [0, 0.05) is 12.1 Å². The van der Waals surface area contributed by atoms with E-state index in [1.807, 2.05) is 18.2 Å². The van der Waals surface area contributed by atoms with Crippen molar-refractivity contribution in [3.05, 3.63) is 35.3 Å². The highest BCUT2D eigenvalue weighted by molar-refractivity contribution is 6.30. The Balaban J connectivity index is 0.000000261. The molecule has 1 rings (SSSR count). The molecule has 62 valence electrons. The van der Waals surface area contributed by atoms with Gasteiger partial charge < -0.3 is 15.1 Å². The molecular formula is C6H8BN2O3+. The van der Waals surface area contributed by atoms with Gasteiger partial charge in [-0.15, -0.1) is 0 Å². The highest BCUT2D eigenvalue weighted by Gasteiger charge is 1.96. The van der Waals surface area contributed by atoms with Crippen LogP contribution in [-0.4, -0.2) is 22.4 Å². The van der Waals surface area contributed by atoms with E-state index in [4.69, 9.17) is 20.5 Å². The average molecular weight is 167 g/mol. The van der Waals surface area contributed by atoms with Crippen molar-refractivity contribution < 1.29 is 15.1 Å². The number of hydrogen-bond donors (Lipinski definition) is 3. The molecule has 0 fully saturated rings. The van der Waals surface area contributed by atoms with Crippen LogP contribution in [0.15, 0.2) is 30.3 Å². The van der Waals surface area contributed by atoms with Crippen LogP contribution in [0.3, 0.4) is 0 Å². The van der Waals surface area contributed by atoms with Crippen molar-refractivity contribution in [2.45, 2.75) is 0 Å². The first kappa shape index (κ1) is 10.6. The van der Waals surface area contributed by atoms with E-state index in [0.717, 1.165) is 0 Å². The lowest BCUT2D eigenvalue weighted by atomic mass is 10.3. The first-order chi connectivity index (χ1) is 5.66. The third-order valence-electron chi connectivity index (χ3n) is 0.872. The third kappa shape index (κ3) is 6.70. The summed E-state index contributed by atoms with van der Waals surface area (Å²) >= 11 is 0. The zero-order valence-electron chi connectivity index (χ0n) is 6.20. The summed E-state index contributed by atoms with van der Waals surface area (Å²) in [5, 5.41) is 29.7. The summed E-state index contributed by atoms with van der Waals surface area (Å²) in [6, 6.07) is 8.94. The van der Waals surface area contributed by atoms with Gasteiger partial charge in [-0.2, -0.15) is 0 Å². The molecule has 0 bridgehead atoms. The molecule has 0 amide bonds. The first-order valence-electron chi connectivity index (χ1n) is 3.11. The molecule has 0 aromatic heterocycles. The van der Waals surface area contributed by atoms with Crippen molar-refractivity contribution >= 4 is 13.0 Å². The zero-order chi connectivity index (χ0) is 9.40. The molecule has 0 radical (unpaired) electrons. The third-order valence-corrected chi connectivity index (χ3v) is 0.872. The largest absolute Gasteiger partial charge is 0.631 e. The van der Waals surface area contributed by atoms with E-state index in [2.05, 4.69) is 4.98 Å². The number of diazo groups is 1. The fraction of sp³-hybridized carbons (Fsp3) is 0. The molecule has 0 heterocycles. The Morgan fingerprint density at radius 2 is 1.50 bits per heavy atom. The fourth-order valence-electron chi connectivity index (χ4n) is 0.495. The Kier molecular flexibility index (Phi) is 5.56. The molecule has 0 atom stereocenters. The van der Waals surface area contributed by atoms with Crippen LogP contribution in [0.4, 0.5) is 5.69 Å². The summed E-state index contributed by atoms with van der Waals surface area (Å²) in [4.78, 5) is 2.97. The van der Waals surface area contributed by atoms with Crippen LogP contribution in [0, 0.1) is 5.39 Å². The Morgan fingerprint density at radius 1 is 1.08 bits per heavy atom. The molecule has 1 aromatic carbocycles. The average Bonchev–Trinajstić information content (AvgIpc) is 2.05. The van der Waals surface area contributed by atoms with E-state index in [1.165, 1.54) is 0 Å². The minimum absolute atomic E-state index is 0.590. The maximum atomic E-state index is 8.16. The van der Waals surface area contributed by atoms with Crippen molar-refractivity contribution in [1.82, 2.24) is 0 Å². The summed E-state index contributed by atoms with van der Waals surface area (Å²) in [5.74, 6) is 0. The van der Waals surface area contributed by atoms with Gasteiger partial charge in [-0.3, -0.25) is 0 Å².